The van der Waals surface area contributed by atoms with Crippen LogP contribution in [0.4, 0.5) is 0 Å². The van der Waals surface area contributed by atoms with Crippen molar-refractivity contribution in [3.8, 4) is 0 Å². The highest BCUT2D eigenvalue weighted by Gasteiger charge is 2.30. The molecule has 1 N–H and O–H groups in total. The number of hydrogen-bond donors (Lipinski definition) is 1. The Hall–Kier alpha value is -3.32. The molecule has 1 aliphatic carbocycles. The standard InChI is InChI=1S/C30H38N6O/c1-4-10-27(29-32-33-34-36(29)26-15-7-8-16-26)35(18-17-23-13-6-5-11-21(23)2)20-25-19-24-14-9-12-22(3)28(24)31-30(25)37/h5-6,9,11-14,19,26-27H,4,7-8,10,15-18,20H2,1-3H3,(H,31,37). The van der Waals surface area contributed by atoms with Crippen molar-refractivity contribution < 1.29 is 0 Å². The first-order chi connectivity index (χ1) is 18.0. The first kappa shape index (κ1) is 25.3. The Morgan fingerprint density at radius 1 is 1.05 bits per heavy atom. The van der Waals surface area contributed by atoms with E-state index in [-0.39, 0.29) is 11.6 Å². The van der Waals surface area contributed by atoms with Crippen LogP contribution in [0, 0.1) is 13.8 Å². The van der Waals surface area contributed by atoms with Gasteiger partial charge in [0.2, 0.25) is 0 Å². The Labute approximate surface area is 218 Å². The van der Waals surface area contributed by atoms with Crippen LogP contribution < -0.4 is 5.56 Å². The fraction of sp³-hybridized carbons (Fsp3) is 0.467. The first-order valence-corrected chi connectivity index (χ1v) is 13.7. The highest BCUT2D eigenvalue weighted by molar-refractivity contribution is 5.81. The molecule has 7 heteroatoms. The molecular weight excluding hydrogens is 460 g/mol. The lowest BCUT2D eigenvalue weighted by Crippen LogP contribution is -2.35. The van der Waals surface area contributed by atoms with E-state index >= 15 is 0 Å². The fourth-order valence-corrected chi connectivity index (χ4v) is 5.84. The molecule has 0 radical (unpaired) electrons. The predicted molar refractivity (Wildman–Crippen MR) is 148 cm³/mol. The summed E-state index contributed by atoms with van der Waals surface area (Å²) in [4.78, 5) is 18.8. The van der Waals surface area contributed by atoms with Gasteiger partial charge in [-0.25, -0.2) is 4.68 Å². The van der Waals surface area contributed by atoms with Crippen LogP contribution in [0.25, 0.3) is 10.9 Å². The zero-order valence-corrected chi connectivity index (χ0v) is 22.3. The third-order valence-electron chi connectivity index (χ3n) is 7.96. The molecule has 1 unspecified atom stereocenters. The summed E-state index contributed by atoms with van der Waals surface area (Å²) in [6, 6.07) is 17.2. The molecule has 0 spiro atoms. The summed E-state index contributed by atoms with van der Waals surface area (Å²) in [6.07, 6.45) is 7.56. The molecule has 0 bridgehead atoms. The Bertz CT molecular complexity index is 1400. The second-order valence-corrected chi connectivity index (χ2v) is 10.5. The molecule has 2 aromatic carbocycles. The number of para-hydroxylation sites is 1. The van der Waals surface area contributed by atoms with Crippen molar-refractivity contribution in [2.24, 2.45) is 0 Å². The Balaban J connectivity index is 1.52. The van der Waals surface area contributed by atoms with Crippen LogP contribution in [0.5, 0.6) is 0 Å². The molecule has 2 aromatic heterocycles. The van der Waals surface area contributed by atoms with E-state index in [0.717, 1.165) is 66.5 Å². The summed E-state index contributed by atoms with van der Waals surface area (Å²) in [7, 11) is 0. The zero-order chi connectivity index (χ0) is 25.8. The number of nitrogens with zero attached hydrogens (tertiary/aromatic N) is 5. The molecule has 194 valence electrons. The molecule has 0 saturated heterocycles. The molecule has 0 amide bonds. The van der Waals surface area contributed by atoms with Gasteiger partial charge in [0.25, 0.3) is 5.56 Å². The zero-order valence-electron chi connectivity index (χ0n) is 22.3. The van der Waals surface area contributed by atoms with Gasteiger partial charge in [0.1, 0.15) is 0 Å². The molecule has 5 rings (SSSR count). The van der Waals surface area contributed by atoms with Gasteiger partial charge in [0, 0.05) is 18.7 Å². The van der Waals surface area contributed by atoms with Crippen molar-refractivity contribution in [2.45, 2.75) is 84.3 Å². The number of benzene rings is 2. The van der Waals surface area contributed by atoms with Gasteiger partial charge in [-0.1, -0.05) is 68.7 Å². The maximum atomic E-state index is 13.3. The minimum Gasteiger partial charge on any atom is -0.321 e. The maximum absolute atomic E-state index is 13.3. The van der Waals surface area contributed by atoms with E-state index in [4.69, 9.17) is 0 Å². The van der Waals surface area contributed by atoms with Crippen molar-refractivity contribution in [3.05, 3.63) is 87.0 Å². The molecule has 1 atom stereocenters. The van der Waals surface area contributed by atoms with Crippen LogP contribution in [0.2, 0.25) is 0 Å². The van der Waals surface area contributed by atoms with Crippen LogP contribution in [-0.2, 0) is 13.0 Å². The van der Waals surface area contributed by atoms with E-state index in [9.17, 15) is 4.79 Å². The number of rotatable bonds is 10. The fourth-order valence-electron chi connectivity index (χ4n) is 5.84. The third-order valence-corrected chi connectivity index (χ3v) is 7.96. The van der Waals surface area contributed by atoms with E-state index in [2.05, 4.69) is 80.3 Å². The van der Waals surface area contributed by atoms with Gasteiger partial charge in [-0.05, 0) is 78.1 Å². The number of tetrazole rings is 1. The smallest absolute Gasteiger partial charge is 0.252 e. The summed E-state index contributed by atoms with van der Waals surface area (Å²) >= 11 is 0. The minimum absolute atomic E-state index is 0.0201. The number of hydrogen-bond acceptors (Lipinski definition) is 5. The summed E-state index contributed by atoms with van der Waals surface area (Å²) < 4.78 is 2.09. The summed E-state index contributed by atoms with van der Waals surface area (Å²) in [5, 5.41) is 14.2. The summed E-state index contributed by atoms with van der Waals surface area (Å²) in [5.41, 5.74) is 5.39. The number of aromatic amines is 1. The van der Waals surface area contributed by atoms with Crippen LogP contribution in [-0.4, -0.2) is 36.6 Å². The highest BCUT2D eigenvalue weighted by Crippen LogP contribution is 2.33. The van der Waals surface area contributed by atoms with Crippen molar-refractivity contribution in [2.75, 3.05) is 6.54 Å². The molecule has 37 heavy (non-hydrogen) atoms. The monoisotopic (exact) mass is 498 g/mol. The van der Waals surface area contributed by atoms with Crippen LogP contribution in [0.1, 0.15) is 85.6 Å². The number of pyridine rings is 1. The largest absolute Gasteiger partial charge is 0.321 e. The molecule has 1 aliphatic rings. The van der Waals surface area contributed by atoms with Crippen molar-refractivity contribution in [1.82, 2.24) is 30.1 Å². The van der Waals surface area contributed by atoms with E-state index in [0.29, 0.717) is 12.6 Å². The van der Waals surface area contributed by atoms with Gasteiger partial charge < -0.3 is 4.98 Å². The van der Waals surface area contributed by atoms with Crippen LogP contribution in [0.15, 0.2) is 53.3 Å². The molecular formula is C30H38N6O. The summed E-state index contributed by atoms with van der Waals surface area (Å²) in [5.74, 6) is 0.937. The minimum atomic E-state index is -0.0201. The lowest BCUT2D eigenvalue weighted by molar-refractivity contribution is 0.163. The van der Waals surface area contributed by atoms with Gasteiger partial charge >= 0.3 is 0 Å². The van der Waals surface area contributed by atoms with E-state index in [1.807, 2.05) is 19.1 Å². The average Bonchev–Trinajstić information content (AvgIpc) is 3.59. The predicted octanol–water partition coefficient (Wildman–Crippen LogP) is 5.83. The van der Waals surface area contributed by atoms with E-state index < -0.39 is 0 Å². The van der Waals surface area contributed by atoms with Crippen molar-refractivity contribution in [3.63, 3.8) is 0 Å². The number of H-pyrrole nitrogens is 1. The topological polar surface area (TPSA) is 79.7 Å². The number of aryl methyl sites for hydroxylation is 2. The summed E-state index contributed by atoms with van der Waals surface area (Å²) in [6.45, 7) is 7.78. The van der Waals surface area contributed by atoms with Crippen molar-refractivity contribution >= 4 is 10.9 Å². The molecule has 2 heterocycles. The van der Waals surface area contributed by atoms with Crippen LogP contribution in [0.3, 0.4) is 0 Å². The lowest BCUT2D eigenvalue weighted by Gasteiger charge is -2.31. The van der Waals surface area contributed by atoms with Gasteiger partial charge in [-0.3, -0.25) is 9.69 Å². The third kappa shape index (κ3) is 5.52. The molecule has 1 saturated carbocycles. The Morgan fingerprint density at radius 2 is 1.84 bits per heavy atom. The van der Waals surface area contributed by atoms with Gasteiger partial charge in [-0.2, -0.15) is 0 Å². The highest BCUT2D eigenvalue weighted by atomic mass is 16.1. The quantitative estimate of drug-likeness (QED) is 0.297. The van der Waals surface area contributed by atoms with Crippen molar-refractivity contribution in [1.29, 1.82) is 0 Å². The van der Waals surface area contributed by atoms with E-state index in [1.165, 1.54) is 24.0 Å². The van der Waals surface area contributed by atoms with E-state index in [1.54, 1.807) is 0 Å². The van der Waals surface area contributed by atoms with Gasteiger partial charge in [0.05, 0.1) is 17.6 Å². The normalized spacial score (nSPS) is 15.1. The number of aromatic nitrogens is 5. The van der Waals surface area contributed by atoms with Gasteiger partial charge in [0.15, 0.2) is 5.82 Å². The second kappa shape index (κ2) is 11.4. The first-order valence-electron chi connectivity index (χ1n) is 13.7. The molecule has 0 aliphatic heterocycles. The molecule has 1 fully saturated rings. The van der Waals surface area contributed by atoms with Gasteiger partial charge in [-0.15, -0.1) is 5.10 Å². The Kier molecular flexibility index (Phi) is 7.79. The van der Waals surface area contributed by atoms with Crippen LogP contribution >= 0.6 is 0 Å². The SMILES string of the molecule is CCCC(c1nnnn1C1CCCC1)N(CCc1ccccc1C)Cc1cc2cccc(C)c2[nH]c1=O. The Morgan fingerprint density at radius 3 is 2.62 bits per heavy atom. The number of nitrogens with one attached hydrogen (secondary N) is 1. The molecule has 7 nitrogen and oxygen atoms in total. The number of fused-ring (bicyclic) bond motifs is 1. The lowest BCUT2D eigenvalue weighted by atomic mass is 10.0. The second-order valence-electron chi connectivity index (χ2n) is 10.5. The average molecular weight is 499 g/mol. The maximum Gasteiger partial charge on any atom is 0.252 e. The molecule has 4 aromatic rings.